The Bertz CT molecular complexity index is 1450. The first-order valence-electron chi connectivity index (χ1n) is 13.4. The number of benzene rings is 3. The van der Waals surface area contributed by atoms with Crippen molar-refractivity contribution in [2.24, 2.45) is 5.73 Å². The maximum atomic E-state index is 13.3. The summed E-state index contributed by atoms with van der Waals surface area (Å²) in [6.45, 7) is 0.197. The van der Waals surface area contributed by atoms with E-state index in [1.807, 2.05) is 30.3 Å². The lowest BCUT2D eigenvalue weighted by molar-refractivity contribution is -0.143. The minimum absolute atomic E-state index is 0.0468. The van der Waals surface area contributed by atoms with Gasteiger partial charge in [-0.15, -0.1) is 0 Å². The smallest absolute Gasteiger partial charge is 0.326 e. The second kappa shape index (κ2) is 15.5. The Morgan fingerprint density at radius 1 is 0.767 bits per heavy atom. The van der Waals surface area contributed by atoms with Crippen LogP contribution in [0.25, 0.3) is 0 Å². The number of carbonyl (C=O) groups is 5. The maximum absolute atomic E-state index is 13.3. The second-order valence-electron chi connectivity index (χ2n) is 9.73. The zero-order valence-electron chi connectivity index (χ0n) is 23.2. The third-order valence-corrected chi connectivity index (χ3v) is 6.47. The fourth-order valence-electron chi connectivity index (χ4n) is 4.24. The fourth-order valence-corrected chi connectivity index (χ4v) is 4.24. The number of nitrogens with zero attached hydrogens (tertiary/aromatic N) is 1. The summed E-state index contributed by atoms with van der Waals surface area (Å²) in [7, 11) is 0. The van der Waals surface area contributed by atoms with Gasteiger partial charge < -0.3 is 31.5 Å². The number of carboxylic acid groups (broad SMARTS) is 2. The number of carboxylic acids is 2. The van der Waals surface area contributed by atoms with Crippen LogP contribution in [0.4, 0.5) is 5.69 Å². The van der Waals surface area contributed by atoms with E-state index in [2.05, 4.69) is 10.6 Å². The average Bonchev–Trinajstić information content (AvgIpc) is 2.98. The molecular formula is C31H33N5O7. The molecule has 12 heteroatoms. The van der Waals surface area contributed by atoms with Gasteiger partial charge in [-0.2, -0.15) is 0 Å². The SMILES string of the molecule is N=C(N)c1ccc(N(Cc2ccccc2)C(=O)CCC(=O)N[C@@H](CC(=O)O)C(=O)N[C@@H](Cc2ccccc2)C(=O)O)cc1. The number of amidine groups is 1. The molecule has 2 atom stereocenters. The predicted molar refractivity (Wildman–Crippen MR) is 158 cm³/mol. The summed E-state index contributed by atoms with van der Waals surface area (Å²) < 4.78 is 0. The number of nitrogens with one attached hydrogen (secondary N) is 3. The van der Waals surface area contributed by atoms with E-state index >= 15 is 0 Å². The first-order chi connectivity index (χ1) is 20.5. The van der Waals surface area contributed by atoms with Crippen LogP contribution in [0.5, 0.6) is 0 Å². The van der Waals surface area contributed by atoms with E-state index in [1.54, 1.807) is 54.6 Å². The number of hydrogen-bond acceptors (Lipinski definition) is 6. The minimum atomic E-state index is -1.56. The van der Waals surface area contributed by atoms with Crippen molar-refractivity contribution in [1.82, 2.24) is 10.6 Å². The van der Waals surface area contributed by atoms with Crippen molar-refractivity contribution in [3.05, 3.63) is 102 Å². The molecule has 0 aliphatic heterocycles. The highest BCUT2D eigenvalue weighted by molar-refractivity contribution is 5.98. The molecule has 43 heavy (non-hydrogen) atoms. The molecule has 3 amide bonds. The number of carbonyl (C=O) groups excluding carboxylic acids is 3. The molecule has 0 aromatic heterocycles. The van der Waals surface area contributed by atoms with E-state index in [-0.39, 0.29) is 31.6 Å². The summed E-state index contributed by atoms with van der Waals surface area (Å²) in [6.07, 6.45) is -1.45. The normalized spacial score (nSPS) is 11.9. The van der Waals surface area contributed by atoms with Crippen LogP contribution < -0.4 is 21.3 Å². The van der Waals surface area contributed by atoms with E-state index in [1.165, 1.54) is 4.90 Å². The van der Waals surface area contributed by atoms with Crippen LogP contribution in [0.3, 0.4) is 0 Å². The number of nitrogen functional groups attached to an aromatic ring is 1. The van der Waals surface area contributed by atoms with Crippen molar-refractivity contribution in [2.75, 3.05) is 4.90 Å². The highest BCUT2D eigenvalue weighted by atomic mass is 16.4. The monoisotopic (exact) mass is 587 g/mol. The molecule has 0 fully saturated rings. The maximum Gasteiger partial charge on any atom is 0.326 e. The molecule has 0 aliphatic carbocycles. The lowest BCUT2D eigenvalue weighted by Gasteiger charge is -2.24. The van der Waals surface area contributed by atoms with Crippen LogP contribution in [0.1, 0.15) is 36.0 Å². The molecule has 7 N–H and O–H groups in total. The van der Waals surface area contributed by atoms with Crippen molar-refractivity contribution in [3.8, 4) is 0 Å². The summed E-state index contributed by atoms with van der Waals surface area (Å²) in [5.41, 5.74) is 8.00. The summed E-state index contributed by atoms with van der Waals surface area (Å²) in [5.74, 6) is -4.97. The summed E-state index contributed by atoms with van der Waals surface area (Å²) in [6, 6.07) is 21.3. The van der Waals surface area contributed by atoms with Crippen LogP contribution >= 0.6 is 0 Å². The van der Waals surface area contributed by atoms with Gasteiger partial charge in [-0.1, -0.05) is 60.7 Å². The fraction of sp³-hybridized carbons (Fsp3) is 0.226. The van der Waals surface area contributed by atoms with E-state index in [0.717, 1.165) is 5.56 Å². The van der Waals surface area contributed by atoms with Crippen LogP contribution in [0.2, 0.25) is 0 Å². The van der Waals surface area contributed by atoms with Gasteiger partial charge in [-0.25, -0.2) is 4.79 Å². The molecule has 0 saturated carbocycles. The molecule has 0 aliphatic rings. The van der Waals surface area contributed by atoms with Crippen LogP contribution in [0, 0.1) is 5.41 Å². The average molecular weight is 588 g/mol. The number of rotatable bonds is 15. The first-order valence-corrected chi connectivity index (χ1v) is 13.4. The summed E-state index contributed by atoms with van der Waals surface area (Å²) in [5, 5.41) is 31.1. The molecule has 3 aromatic carbocycles. The molecule has 0 saturated heterocycles. The highest BCUT2D eigenvalue weighted by Crippen LogP contribution is 2.20. The van der Waals surface area contributed by atoms with Crippen LogP contribution in [-0.4, -0.2) is 57.8 Å². The molecular weight excluding hydrogens is 554 g/mol. The Morgan fingerprint density at radius 3 is 1.88 bits per heavy atom. The number of hydrogen-bond donors (Lipinski definition) is 6. The molecule has 3 rings (SSSR count). The number of nitrogens with two attached hydrogens (primary N) is 1. The lowest BCUT2D eigenvalue weighted by atomic mass is 10.0. The molecule has 0 unspecified atom stereocenters. The third-order valence-electron chi connectivity index (χ3n) is 6.47. The zero-order chi connectivity index (χ0) is 31.4. The van der Waals surface area contributed by atoms with E-state index in [9.17, 15) is 34.2 Å². The predicted octanol–water partition coefficient (Wildman–Crippen LogP) is 2.06. The number of aliphatic carboxylic acids is 2. The molecule has 12 nitrogen and oxygen atoms in total. The van der Waals surface area contributed by atoms with Gasteiger partial charge in [0.15, 0.2) is 0 Å². The molecule has 0 heterocycles. The van der Waals surface area contributed by atoms with Gasteiger partial charge in [-0.05, 0) is 35.4 Å². The quantitative estimate of drug-likeness (QED) is 0.114. The number of anilines is 1. The van der Waals surface area contributed by atoms with Gasteiger partial charge in [0.05, 0.1) is 13.0 Å². The largest absolute Gasteiger partial charge is 0.481 e. The van der Waals surface area contributed by atoms with Crippen molar-refractivity contribution in [3.63, 3.8) is 0 Å². The Balaban J connectivity index is 1.68. The van der Waals surface area contributed by atoms with Crippen LogP contribution in [-0.2, 0) is 36.9 Å². The van der Waals surface area contributed by atoms with Crippen molar-refractivity contribution in [1.29, 1.82) is 5.41 Å². The molecule has 0 spiro atoms. The van der Waals surface area contributed by atoms with Crippen molar-refractivity contribution >= 4 is 41.2 Å². The molecule has 3 aromatic rings. The van der Waals surface area contributed by atoms with Crippen molar-refractivity contribution < 1.29 is 34.2 Å². The topological polar surface area (TPSA) is 203 Å². The van der Waals surface area contributed by atoms with Gasteiger partial charge >= 0.3 is 11.9 Å². The molecule has 0 radical (unpaired) electrons. The summed E-state index contributed by atoms with van der Waals surface area (Å²) in [4.78, 5) is 63.6. The zero-order valence-corrected chi connectivity index (χ0v) is 23.2. The van der Waals surface area contributed by atoms with E-state index in [0.29, 0.717) is 16.8 Å². The van der Waals surface area contributed by atoms with E-state index in [4.69, 9.17) is 11.1 Å². The van der Waals surface area contributed by atoms with E-state index < -0.39 is 48.2 Å². The Hall–Kier alpha value is -5.52. The Kier molecular flexibility index (Phi) is 11.5. The van der Waals surface area contributed by atoms with Crippen LogP contribution in [0.15, 0.2) is 84.9 Å². The second-order valence-corrected chi connectivity index (χ2v) is 9.73. The molecule has 224 valence electrons. The minimum Gasteiger partial charge on any atom is -0.481 e. The van der Waals surface area contributed by atoms with Crippen molar-refractivity contribution in [2.45, 2.75) is 44.3 Å². The third kappa shape index (κ3) is 10.1. The Labute approximate surface area is 248 Å². The van der Waals surface area contributed by atoms with Gasteiger partial charge in [-0.3, -0.25) is 24.6 Å². The van der Waals surface area contributed by atoms with Gasteiger partial charge in [0.1, 0.15) is 17.9 Å². The Morgan fingerprint density at radius 2 is 1.35 bits per heavy atom. The number of amides is 3. The van der Waals surface area contributed by atoms with Gasteiger partial charge in [0.25, 0.3) is 0 Å². The standard InChI is InChI=1S/C31H33N5O7/c32-29(33)22-11-13-23(14-12-22)36(19-21-9-5-2-6-10-21)27(38)16-15-26(37)34-24(18-28(39)40)30(41)35-25(31(42)43)17-20-7-3-1-4-8-20/h1-14,24-25H,15-19H2,(H3,32,33)(H,34,37)(H,35,41)(H,39,40)(H,42,43)/t24-,25-/m0/s1. The van der Waals surface area contributed by atoms with Gasteiger partial charge in [0.2, 0.25) is 17.7 Å². The first kappa shape index (κ1) is 32.0. The summed E-state index contributed by atoms with van der Waals surface area (Å²) >= 11 is 0. The molecule has 0 bridgehead atoms. The van der Waals surface area contributed by atoms with Gasteiger partial charge in [0, 0.05) is 30.5 Å². The highest BCUT2D eigenvalue weighted by Gasteiger charge is 2.29. The lowest BCUT2D eigenvalue weighted by Crippen LogP contribution is -2.53.